The number of carbonyl (C=O) groups excluding carboxylic acids is 1. The van der Waals surface area contributed by atoms with Crippen molar-refractivity contribution in [3.05, 3.63) is 57.0 Å². The molecule has 0 atom stereocenters. The molecule has 0 spiro atoms. The van der Waals surface area contributed by atoms with Gasteiger partial charge < -0.3 is 4.90 Å². The lowest BCUT2D eigenvalue weighted by molar-refractivity contribution is 0.0985. The third-order valence-corrected chi connectivity index (χ3v) is 5.74. The Balaban J connectivity index is 0.00000243. The number of aromatic nitrogens is 1. The van der Waals surface area contributed by atoms with E-state index >= 15 is 0 Å². The number of hydrogen-bond acceptors (Lipinski definition) is 4. The van der Waals surface area contributed by atoms with Crippen LogP contribution in [0.25, 0.3) is 10.2 Å². The van der Waals surface area contributed by atoms with E-state index in [2.05, 4.69) is 41.7 Å². The van der Waals surface area contributed by atoms with Crippen molar-refractivity contribution in [2.45, 2.75) is 0 Å². The molecule has 0 N–H and O–H groups in total. The first kappa shape index (κ1) is 21.3. The van der Waals surface area contributed by atoms with Crippen LogP contribution >= 0.6 is 55.6 Å². The summed E-state index contributed by atoms with van der Waals surface area (Å²) < 4.78 is 3.02. The highest BCUT2D eigenvalue weighted by molar-refractivity contribution is 9.10. The van der Waals surface area contributed by atoms with Crippen molar-refractivity contribution >= 4 is 76.9 Å². The van der Waals surface area contributed by atoms with Crippen molar-refractivity contribution in [2.75, 3.05) is 32.1 Å². The largest absolute Gasteiger partial charge is 0.308 e. The summed E-state index contributed by atoms with van der Waals surface area (Å²) in [5.74, 6) is -0.0347. The highest BCUT2D eigenvalue weighted by atomic mass is 79.9. The average molecular weight is 520 g/mol. The van der Waals surface area contributed by atoms with E-state index in [0.717, 1.165) is 30.8 Å². The summed E-state index contributed by atoms with van der Waals surface area (Å²) in [6, 6.07) is 13.4. The lowest BCUT2D eigenvalue weighted by Gasteiger charge is -2.22. The Bertz CT molecular complexity index is 899. The quantitative estimate of drug-likeness (QED) is 0.450. The molecule has 3 aromatic rings. The van der Waals surface area contributed by atoms with Crippen LogP contribution in [0.5, 0.6) is 0 Å². The normalized spacial score (nSPS) is 10.8. The Morgan fingerprint density at radius 3 is 2.35 bits per heavy atom. The van der Waals surface area contributed by atoms with Gasteiger partial charge in [-0.1, -0.05) is 43.2 Å². The van der Waals surface area contributed by atoms with Gasteiger partial charge >= 0.3 is 0 Å². The first-order valence-electron chi connectivity index (χ1n) is 7.72. The van der Waals surface area contributed by atoms with Gasteiger partial charge in [-0.05, 0) is 56.6 Å². The number of likely N-dealkylation sites (N-methyl/N-ethyl adjacent to an activating group) is 1. The Hall–Kier alpha value is -0.990. The van der Waals surface area contributed by atoms with Gasteiger partial charge in [-0.3, -0.25) is 9.69 Å². The van der Waals surface area contributed by atoms with E-state index in [0.29, 0.717) is 12.1 Å². The van der Waals surface area contributed by atoms with Crippen LogP contribution < -0.4 is 4.90 Å². The van der Waals surface area contributed by atoms with Crippen molar-refractivity contribution < 1.29 is 4.79 Å². The van der Waals surface area contributed by atoms with Crippen molar-refractivity contribution in [1.82, 2.24) is 9.88 Å². The highest BCUT2D eigenvalue weighted by Gasteiger charge is 2.21. The van der Waals surface area contributed by atoms with E-state index < -0.39 is 0 Å². The lowest BCUT2D eigenvalue weighted by atomic mass is 10.2. The molecule has 1 amide bonds. The Morgan fingerprint density at radius 1 is 1.04 bits per heavy atom. The van der Waals surface area contributed by atoms with Gasteiger partial charge in [0.05, 0.1) is 10.2 Å². The van der Waals surface area contributed by atoms with Crippen LogP contribution in [0.1, 0.15) is 10.4 Å². The molecule has 1 aromatic heterocycles. The Labute approximate surface area is 179 Å². The number of halogens is 3. The molecule has 0 bridgehead atoms. The molecule has 8 heteroatoms. The molecule has 0 fully saturated rings. The summed E-state index contributed by atoms with van der Waals surface area (Å²) in [4.78, 5) is 21.6. The topological polar surface area (TPSA) is 36.4 Å². The van der Waals surface area contributed by atoms with Crippen LogP contribution in [0, 0.1) is 0 Å². The molecule has 0 saturated carbocycles. The maximum absolute atomic E-state index is 13.1. The molecule has 26 heavy (non-hydrogen) atoms. The van der Waals surface area contributed by atoms with Crippen LogP contribution in [0.2, 0.25) is 0 Å². The minimum absolute atomic E-state index is 0. The number of nitrogens with zero attached hydrogens (tertiary/aromatic N) is 3. The second kappa shape index (κ2) is 9.28. The summed E-state index contributed by atoms with van der Waals surface area (Å²) >= 11 is 8.43. The fraction of sp³-hybridized carbons (Fsp3) is 0.222. The standard InChI is InChI=1S/C18H17Br2N3OS.ClH/c1-22(2)9-10-23(17(24)12-3-5-13(19)6-4-12)18-21-15-8-7-14(20)11-16(15)25-18;/h3-8,11H,9-10H2,1-2H3;1H. The second-order valence-electron chi connectivity index (χ2n) is 5.88. The molecule has 0 aliphatic rings. The van der Waals surface area contributed by atoms with Crippen LogP contribution in [0.15, 0.2) is 51.4 Å². The van der Waals surface area contributed by atoms with Crippen molar-refractivity contribution in [1.29, 1.82) is 0 Å². The number of carbonyl (C=O) groups is 1. The zero-order valence-electron chi connectivity index (χ0n) is 14.3. The van der Waals surface area contributed by atoms with E-state index in [1.54, 1.807) is 4.90 Å². The number of amides is 1. The van der Waals surface area contributed by atoms with E-state index in [-0.39, 0.29) is 18.3 Å². The maximum Gasteiger partial charge on any atom is 0.260 e. The van der Waals surface area contributed by atoms with Crippen molar-refractivity contribution in [3.63, 3.8) is 0 Å². The summed E-state index contributed by atoms with van der Waals surface area (Å²) in [5.41, 5.74) is 1.56. The molecule has 0 radical (unpaired) electrons. The number of thiazole rings is 1. The molecule has 0 aliphatic heterocycles. The van der Waals surface area contributed by atoms with Crippen LogP contribution in [0.4, 0.5) is 5.13 Å². The molecular formula is C18H18Br2ClN3OS. The second-order valence-corrected chi connectivity index (χ2v) is 8.72. The molecule has 1 heterocycles. The average Bonchev–Trinajstić information content (AvgIpc) is 2.98. The van der Waals surface area contributed by atoms with Crippen molar-refractivity contribution in [3.8, 4) is 0 Å². The minimum Gasteiger partial charge on any atom is -0.308 e. The smallest absolute Gasteiger partial charge is 0.260 e. The molecule has 0 aliphatic carbocycles. The monoisotopic (exact) mass is 517 g/mol. The third-order valence-electron chi connectivity index (χ3n) is 3.68. The first-order valence-corrected chi connectivity index (χ1v) is 10.1. The number of anilines is 1. The van der Waals surface area contributed by atoms with Gasteiger partial charge in [-0.25, -0.2) is 4.98 Å². The third kappa shape index (κ3) is 5.04. The van der Waals surface area contributed by atoms with E-state index in [4.69, 9.17) is 0 Å². The fourth-order valence-corrected chi connectivity index (χ4v) is 4.14. The minimum atomic E-state index is -0.0347. The summed E-state index contributed by atoms with van der Waals surface area (Å²) in [7, 11) is 4.00. The summed E-state index contributed by atoms with van der Waals surface area (Å²) in [6.07, 6.45) is 0. The fourth-order valence-electron chi connectivity index (χ4n) is 2.33. The van der Waals surface area contributed by atoms with Crippen LogP contribution in [-0.2, 0) is 0 Å². The van der Waals surface area contributed by atoms with Gasteiger partial charge in [0.2, 0.25) is 0 Å². The molecule has 3 rings (SSSR count). The predicted octanol–water partition coefficient (Wildman–Crippen LogP) is 5.45. The summed E-state index contributed by atoms with van der Waals surface area (Å²) in [5, 5.41) is 0.725. The number of rotatable bonds is 5. The number of hydrogen-bond donors (Lipinski definition) is 0. The molecule has 0 saturated heterocycles. The van der Waals surface area contributed by atoms with E-state index in [1.807, 2.05) is 56.6 Å². The van der Waals surface area contributed by atoms with E-state index in [1.165, 1.54) is 11.3 Å². The zero-order chi connectivity index (χ0) is 18.0. The molecule has 0 unspecified atom stereocenters. The molecule has 138 valence electrons. The molecule has 4 nitrogen and oxygen atoms in total. The summed E-state index contributed by atoms with van der Waals surface area (Å²) in [6.45, 7) is 1.35. The van der Waals surface area contributed by atoms with Crippen LogP contribution in [-0.4, -0.2) is 43.0 Å². The first-order chi connectivity index (χ1) is 11.9. The predicted molar refractivity (Wildman–Crippen MR) is 119 cm³/mol. The molecular weight excluding hydrogens is 502 g/mol. The molecule has 2 aromatic carbocycles. The van der Waals surface area contributed by atoms with Gasteiger partial charge in [0, 0.05) is 27.6 Å². The van der Waals surface area contributed by atoms with Crippen molar-refractivity contribution in [2.24, 2.45) is 0 Å². The number of benzene rings is 2. The van der Waals surface area contributed by atoms with Gasteiger partial charge in [-0.2, -0.15) is 0 Å². The zero-order valence-corrected chi connectivity index (χ0v) is 19.1. The highest BCUT2D eigenvalue weighted by Crippen LogP contribution is 2.31. The van der Waals surface area contributed by atoms with E-state index in [9.17, 15) is 4.79 Å². The number of fused-ring (bicyclic) bond motifs is 1. The lowest BCUT2D eigenvalue weighted by Crippen LogP contribution is -2.36. The van der Waals surface area contributed by atoms with Gasteiger partial charge in [-0.15, -0.1) is 12.4 Å². The van der Waals surface area contributed by atoms with Crippen LogP contribution in [0.3, 0.4) is 0 Å². The van der Waals surface area contributed by atoms with Gasteiger partial charge in [0.1, 0.15) is 0 Å². The SMILES string of the molecule is CN(C)CCN(C(=O)c1ccc(Br)cc1)c1nc2ccc(Br)cc2s1.Cl. The maximum atomic E-state index is 13.1. The Kier molecular flexibility index (Phi) is 7.61. The Morgan fingerprint density at radius 2 is 1.69 bits per heavy atom. The van der Waals surface area contributed by atoms with Gasteiger partial charge in [0.25, 0.3) is 5.91 Å². The van der Waals surface area contributed by atoms with Gasteiger partial charge in [0.15, 0.2) is 5.13 Å².